The van der Waals surface area contributed by atoms with Gasteiger partial charge in [0.25, 0.3) is 0 Å². The van der Waals surface area contributed by atoms with Gasteiger partial charge in [-0.1, -0.05) is 56.3 Å². The van der Waals surface area contributed by atoms with Crippen LogP contribution in [0, 0.1) is 0 Å². The Morgan fingerprint density at radius 1 is 1.00 bits per heavy atom. The minimum atomic E-state index is 0.385. The minimum absolute atomic E-state index is 0.385. The lowest BCUT2D eigenvalue weighted by Gasteiger charge is -2.14. The second kappa shape index (κ2) is 7.84. The van der Waals surface area contributed by atoms with Crippen LogP contribution in [0.5, 0.6) is 5.75 Å². The predicted octanol–water partition coefficient (Wildman–Crippen LogP) is 4.81. The van der Waals surface area contributed by atoms with Crippen molar-refractivity contribution in [1.29, 1.82) is 0 Å². The van der Waals surface area contributed by atoms with Crippen LogP contribution in [0.2, 0.25) is 0 Å². The molecule has 0 saturated heterocycles. The molecule has 112 valence electrons. The van der Waals surface area contributed by atoms with Gasteiger partial charge in [-0.2, -0.15) is 0 Å². The standard InChI is InChI=1S/C19H25NO/c1-4-14-21-19-9-7-6-8-18(19)17-12-10-16(11-13-17)15(3)20-5-2/h6-13,15,20H,4-5,14H2,1-3H3. The number of nitrogens with one attached hydrogen (secondary N) is 1. The fraction of sp³-hybridized carbons (Fsp3) is 0.368. The molecule has 2 aromatic carbocycles. The summed E-state index contributed by atoms with van der Waals surface area (Å²) in [5, 5.41) is 3.44. The smallest absolute Gasteiger partial charge is 0.127 e. The van der Waals surface area contributed by atoms with E-state index in [9.17, 15) is 0 Å². The molecule has 0 bridgehead atoms. The van der Waals surface area contributed by atoms with Crippen LogP contribution in [0.15, 0.2) is 48.5 Å². The molecule has 0 radical (unpaired) electrons. The van der Waals surface area contributed by atoms with Crippen LogP contribution >= 0.6 is 0 Å². The summed E-state index contributed by atoms with van der Waals surface area (Å²) < 4.78 is 5.84. The van der Waals surface area contributed by atoms with E-state index in [2.05, 4.69) is 62.5 Å². The Morgan fingerprint density at radius 3 is 2.38 bits per heavy atom. The second-order valence-electron chi connectivity index (χ2n) is 5.25. The quantitative estimate of drug-likeness (QED) is 0.787. The lowest BCUT2D eigenvalue weighted by atomic mass is 10.0. The highest BCUT2D eigenvalue weighted by Gasteiger charge is 2.07. The molecule has 0 fully saturated rings. The van der Waals surface area contributed by atoms with Crippen molar-refractivity contribution in [1.82, 2.24) is 5.32 Å². The van der Waals surface area contributed by atoms with Crippen molar-refractivity contribution in [2.45, 2.75) is 33.2 Å². The molecule has 1 unspecified atom stereocenters. The zero-order valence-electron chi connectivity index (χ0n) is 13.2. The summed E-state index contributed by atoms with van der Waals surface area (Å²) in [7, 11) is 0. The molecule has 0 saturated carbocycles. The van der Waals surface area contributed by atoms with Crippen molar-refractivity contribution in [2.24, 2.45) is 0 Å². The predicted molar refractivity (Wildman–Crippen MR) is 89.8 cm³/mol. The van der Waals surface area contributed by atoms with E-state index >= 15 is 0 Å². The van der Waals surface area contributed by atoms with E-state index < -0.39 is 0 Å². The molecule has 0 aliphatic carbocycles. The van der Waals surface area contributed by atoms with E-state index in [4.69, 9.17) is 4.74 Å². The second-order valence-corrected chi connectivity index (χ2v) is 5.25. The van der Waals surface area contributed by atoms with Crippen molar-refractivity contribution in [3.05, 3.63) is 54.1 Å². The maximum absolute atomic E-state index is 5.84. The van der Waals surface area contributed by atoms with E-state index in [1.807, 2.05) is 12.1 Å². The maximum Gasteiger partial charge on any atom is 0.127 e. The van der Waals surface area contributed by atoms with Gasteiger partial charge in [-0.15, -0.1) is 0 Å². The fourth-order valence-electron chi connectivity index (χ4n) is 2.42. The first kappa shape index (κ1) is 15.6. The van der Waals surface area contributed by atoms with E-state index in [1.165, 1.54) is 11.1 Å². The first-order valence-electron chi connectivity index (χ1n) is 7.81. The largest absolute Gasteiger partial charge is 0.493 e. The van der Waals surface area contributed by atoms with Crippen molar-refractivity contribution in [3.63, 3.8) is 0 Å². The SMILES string of the molecule is CCCOc1ccccc1-c1ccc(C(C)NCC)cc1. The van der Waals surface area contributed by atoms with Crippen LogP contribution in [0.1, 0.15) is 38.8 Å². The summed E-state index contributed by atoms with van der Waals surface area (Å²) in [6.07, 6.45) is 1.02. The third-order valence-electron chi connectivity index (χ3n) is 3.58. The fourth-order valence-corrected chi connectivity index (χ4v) is 2.42. The van der Waals surface area contributed by atoms with Gasteiger partial charge in [0.15, 0.2) is 0 Å². The highest BCUT2D eigenvalue weighted by molar-refractivity contribution is 5.70. The molecular formula is C19H25NO. The topological polar surface area (TPSA) is 21.3 Å². The molecule has 0 amide bonds. The average Bonchev–Trinajstić information content (AvgIpc) is 2.53. The Kier molecular flexibility index (Phi) is 5.82. The molecule has 2 heteroatoms. The van der Waals surface area contributed by atoms with Gasteiger partial charge in [0, 0.05) is 11.6 Å². The van der Waals surface area contributed by atoms with Gasteiger partial charge in [-0.3, -0.25) is 0 Å². The molecule has 0 aliphatic heterocycles. The Balaban J connectivity index is 2.22. The summed E-state index contributed by atoms with van der Waals surface area (Å²) in [6.45, 7) is 8.19. The zero-order chi connectivity index (χ0) is 15.1. The normalized spacial score (nSPS) is 12.1. The highest BCUT2D eigenvalue weighted by atomic mass is 16.5. The van der Waals surface area contributed by atoms with Crippen molar-refractivity contribution >= 4 is 0 Å². The Labute approximate surface area is 128 Å². The van der Waals surface area contributed by atoms with Crippen LogP contribution in [0.3, 0.4) is 0 Å². The number of hydrogen-bond acceptors (Lipinski definition) is 2. The van der Waals surface area contributed by atoms with Crippen molar-refractivity contribution in [3.8, 4) is 16.9 Å². The highest BCUT2D eigenvalue weighted by Crippen LogP contribution is 2.30. The van der Waals surface area contributed by atoms with E-state index in [-0.39, 0.29) is 0 Å². The molecule has 0 aliphatic rings. The molecule has 2 aromatic rings. The van der Waals surface area contributed by atoms with Gasteiger partial charge in [0.1, 0.15) is 5.75 Å². The number of ether oxygens (including phenoxy) is 1. The molecule has 0 heterocycles. The molecule has 1 atom stereocenters. The summed E-state index contributed by atoms with van der Waals surface area (Å²) in [6, 6.07) is 17.4. The summed E-state index contributed by atoms with van der Waals surface area (Å²) in [5.74, 6) is 0.965. The molecule has 2 rings (SSSR count). The molecule has 21 heavy (non-hydrogen) atoms. The van der Waals surface area contributed by atoms with Crippen LogP contribution in [-0.2, 0) is 0 Å². The van der Waals surface area contributed by atoms with Crippen LogP contribution in [-0.4, -0.2) is 13.2 Å². The molecular weight excluding hydrogens is 258 g/mol. The Bertz CT molecular complexity index is 548. The van der Waals surface area contributed by atoms with Crippen LogP contribution < -0.4 is 10.1 Å². The summed E-state index contributed by atoms with van der Waals surface area (Å²) in [4.78, 5) is 0. The lowest BCUT2D eigenvalue weighted by Crippen LogP contribution is -2.17. The van der Waals surface area contributed by atoms with Gasteiger partial charge in [0.2, 0.25) is 0 Å². The molecule has 0 spiro atoms. The Hall–Kier alpha value is -1.80. The number of rotatable bonds is 7. The average molecular weight is 283 g/mol. The Morgan fingerprint density at radius 2 is 1.71 bits per heavy atom. The monoisotopic (exact) mass is 283 g/mol. The van der Waals surface area contributed by atoms with Gasteiger partial charge < -0.3 is 10.1 Å². The molecule has 0 aromatic heterocycles. The third-order valence-corrected chi connectivity index (χ3v) is 3.58. The van der Waals surface area contributed by atoms with E-state index in [0.717, 1.165) is 30.9 Å². The van der Waals surface area contributed by atoms with Gasteiger partial charge in [-0.25, -0.2) is 0 Å². The summed E-state index contributed by atoms with van der Waals surface area (Å²) in [5.41, 5.74) is 3.68. The molecule has 1 N–H and O–H groups in total. The third kappa shape index (κ3) is 4.08. The van der Waals surface area contributed by atoms with Crippen molar-refractivity contribution < 1.29 is 4.74 Å². The first-order valence-corrected chi connectivity index (χ1v) is 7.81. The van der Waals surface area contributed by atoms with Crippen LogP contribution in [0.25, 0.3) is 11.1 Å². The minimum Gasteiger partial charge on any atom is -0.493 e. The first-order chi connectivity index (χ1) is 10.3. The summed E-state index contributed by atoms with van der Waals surface area (Å²) >= 11 is 0. The lowest BCUT2D eigenvalue weighted by molar-refractivity contribution is 0.318. The molecule has 2 nitrogen and oxygen atoms in total. The van der Waals surface area contributed by atoms with Gasteiger partial charge in [-0.05, 0) is 37.1 Å². The maximum atomic E-state index is 5.84. The zero-order valence-corrected chi connectivity index (χ0v) is 13.2. The number of para-hydroxylation sites is 1. The van der Waals surface area contributed by atoms with E-state index in [1.54, 1.807) is 0 Å². The van der Waals surface area contributed by atoms with E-state index in [0.29, 0.717) is 6.04 Å². The number of hydrogen-bond donors (Lipinski definition) is 1. The van der Waals surface area contributed by atoms with Gasteiger partial charge >= 0.3 is 0 Å². The van der Waals surface area contributed by atoms with Gasteiger partial charge in [0.05, 0.1) is 6.61 Å². The van der Waals surface area contributed by atoms with Crippen molar-refractivity contribution in [2.75, 3.05) is 13.2 Å². The van der Waals surface area contributed by atoms with Crippen LogP contribution in [0.4, 0.5) is 0 Å². The number of benzene rings is 2.